The minimum Gasteiger partial charge on any atom is -0.328 e. The van der Waals surface area contributed by atoms with Crippen LogP contribution in [0.2, 0.25) is 0 Å². The summed E-state index contributed by atoms with van der Waals surface area (Å²) in [6, 6.07) is 0.363. The van der Waals surface area contributed by atoms with Crippen LogP contribution in [-0.4, -0.2) is 6.04 Å². The molecule has 1 heteroatoms. The second-order valence-corrected chi connectivity index (χ2v) is 5.06. The standard InChI is InChI=1S/C11H23N/c1-9(10(2)12)8-11(3)6-4-5-7-11/h9-10H,4-8,12H2,1-3H3. The zero-order valence-corrected chi connectivity index (χ0v) is 8.77. The number of hydrogen-bond donors (Lipinski definition) is 1. The first-order chi connectivity index (χ1) is 5.53. The monoisotopic (exact) mass is 169 g/mol. The van der Waals surface area contributed by atoms with E-state index in [9.17, 15) is 0 Å². The Morgan fingerprint density at radius 3 is 2.17 bits per heavy atom. The second-order valence-electron chi connectivity index (χ2n) is 5.06. The lowest BCUT2D eigenvalue weighted by molar-refractivity contribution is 0.239. The first kappa shape index (κ1) is 10.0. The van der Waals surface area contributed by atoms with Crippen LogP contribution in [0, 0.1) is 11.3 Å². The average molecular weight is 169 g/mol. The van der Waals surface area contributed by atoms with Crippen molar-refractivity contribution in [2.45, 2.75) is 58.9 Å². The zero-order valence-electron chi connectivity index (χ0n) is 8.77. The molecule has 1 saturated carbocycles. The molecule has 12 heavy (non-hydrogen) atoms. The van der Waals surface area contributed by atoms with E-state index < -0.39 is 0 Å². The molecule has 0 spiro atoms. The van der Waals surface area contributed by atoms with Crippen LogP contribution in [0.3, 0.4) is 0 Å². The van der Waals surface area contributed by atoms with Crippen molar-refractivity contribution in [3.63, 3.8) is 0 Å². The molecule has 0 saturated heterocycles. The van der Waals surface area contributed by atoms with Gasteiger partial charge in [0.1, 0.15) is 0 Å². The topological polar surface area (TPSA) is 26.0 Å². The van der Waals surface area contributed by atoms with Gasteiger partial charge in [-0.2, -0.15) is 0 Å². The normalized spacial score (nSPS) is 27.0. The molecule has 2 N–H and O–H groups in total. The molecule has 0 radical (unpaired) electrons. The van der Waals surface area contributed by atoms with E-state index in [2.05, 4.69) is 20.8 Å². The summed E-state index contributed by atoms with van der Waals surface area (Å²) in [6.45, 7) is 6.84. The van der Waals surface area contributed by atoms with Crippen molar-refractivity contribution in [2.75, 3.05) is 0 Å². The number of nitrogens with two attached hydrogens (primary N) is 1. The molecule has 1 fully saturated rings. The van der Waals surface area contributed by atoms with Gasteiger partial charge in [0, 0.05) is 6.04 Å². The first-order valence-electron chi connectivity index (χ1n) is 5.29. The van der Waals surface area contributed by atoms with Gasteiger partial charge in [0.05, 0.1) is 0 Å². The van der Waals surface area contributed by atoms with Crippen molar-refractivity contribution in [3.05, 3.63) is 0 Å². The summed E-state index contributed by atoms with van der Waals surface area (Å²) >= 11 is 0. The number of rotatable bonds is 3. The lowest BCUT2D eigenvalue weighted by Crippen LogP contribution is -2.28. The van der Waals surface area contributed by atoms with Crippen molar-refractivity contribution in [2.24, 2.45) is 17.1 Å². The Labute approximate surface area is 76.7 Å². The van der Waals surface area contributed by atoms with Crippen LogP contribution in [0.15, 0.2) is 0 Å². The summed E-state index contributed by atoms with van der Waals surface area (Å²) in [7, 11) is 0. The van der Waals surface area contributed by atoms with Crippen LogP contribution < -0.4 is 5.73 Å². The van der Waals surface area contributed by atoms with E-state index in [1.807, 2.05) is 0 Å². The van der Waals surface area contributed by atoms with Crippen LogP contribution in [0.1, 0.15) is 52.9 Å². The van der Waals surface area contributed by atoms with Crippen molar-refractivity contribution < 1.29 is 0 Å². The molecule has 0 heterocycles. The Balaban J connectivity index is 2.38. The molecule has 0 bridgehead atoms. The second kappa shape index (κ2) is 3.78. The Morgan fingerprint density at radius 1 is 1.25 bits per heavy atom. The van der Waals surface area contributed by atoms with E-state index in [4.69, 9.17) is 5.73 Å². The average Bonchev–Trinajstić information content (AvgIpc) is 2.35. The summed E-state index contributed by atoms with van der Waals surface area (Å²) < 4.78 is 0. The maximum atomic E-state index is 5.87. The summed E-state index contributed by atoms with van der Waals surface area (Å²) in [4.78, 5) is 0. The van der Waals surface area contributed by atoms with Gasteiger partial charge in [0.25, 0.3) is 0 Å². The number of hydrogen-bond acceptors (Lipinski definition) is 1. The molecular weight excluding hydrogens is 146 g/mol. The highest BCUT2D eigenvalue weighted by Gasteiger charge is 2.30. The third-order valence-electron chi connectivity index (χ3n) is 3.52. The van der Waals surface area contributed by atoms with Crippen LogP contribution in [0.25, 0.3) is 0 Å². The molecule has 0 aromatic carbocycles. The quantitative estimate of drug-likeness (QED) is 0.690. The molecule has 1 rings (SSSR count). The largest absolute Gasteiger partial charge is 0.328 e. The van der Waals surface area contributed by atoms with Gasteiger partial charge in [-0.3, -0.25) is 0 Å². The predicted octanol–water partition coefficient (Wildman–Crippen LogP) is 2.94. The first-order valence-corrected chi connectivity index (χ1v) is 5.29. The maximum absolute atomic E-state index is 5.87. The smallest absolute Gasteiger partial charge is 0.00363 e. The minimum atomic E-state index is 0.363. The Bertz CT molecular complexity index is 134. The van der Waals surface area contributed by atoms with Gasteiger partial charge in [-0.1, -0.05) is 26.7 Å². The zero-order chi connectivity index (χ0) is 9.19. The van der Waals surface area contributed by atoms with Crippen LogP contribution in [0.4, 0.5) is 0 Å². The molecule has 72 valence electrons. The van der Waals surface area contributed by atoms with Crippen molar-refractivity contribution in [3.8, 4) is 0 Å². The van der Waals surface area contributed by atoms with Gasteiger partial charge in [0.15, 0.2) is 0 Å². The molecular formula is C11H23N. The van der Waals surface area contributed by atoms with Crippen molar-refractivity contribution >= 4 is 0 Å². The Morgan fingerprint density at radius 2 is 1.75 bits per heavy atom. The summed E-state index contributed by atoms with van der Waals surface area (Å²) in [6.07, 6.45) is 7.03. The Kier molecular flexibility index (Phi) is 3.16. The van der Waals surface area contributed by atoms with Crippen LogP contribution >= 0.6 is 0 Å². The summed E-state index contributed by atoms with van der Waals surface area (Å²) in [5, 5.41) is 0. The lowest BCUT2D eigenvalue weighted by atomic mass is 9.78. The summed E-state index contributed by atoms with van der Waals surface area (Å²) in [5.74, 6) is 0.688. The molecule has 1 aliphatic carbocycles. The van der Waals surface area contributed by atoms with Gasteiger partial charge < -0.3 is 5.73 Å². The van der Waals surface area contributed by atoms with E-state index in [0.717, 1.165) is 0 Å². The van der Waals surface area contributed by atoms with Gasteiger partial charge in [-0.15, -0.1) is 0 Å². The fourth-order valence-corrected chi connectivity index (χ4v) is 2.40. The van der Waals surface area contributed by atoms with Gasteiger partial charge >= 0.3 is 0 Å². The highest BCUT2D eigenvalue weighted by atomic mass is 14.6. The molecule has 1 aliphatic rings. The van der Waals surface area contributed by atoms with E-state index in [0.29, 0.717) is 17.4 Å². The van der Waals surface area contributed by atoms with Crippen LogP contribution in [-0.2, 0) is 0 Å². The van der Waals surface area contributed by atoms with E-state index in [1.165, 1.54) is 32.1 Å². The third-order valence-corrected chi connectivity index (χ3v) is 3.52. The third kappa shape index (κ3) is 2.48. The molecule has 2 unspecified atom stereocenters. The van der Waals surface area contributed by atoms with Gasteiger partial charge in [-0.05, 0) is 37.5 Å². The highest BCUT2D eigenvalue weighted by molar-refractivity contribution is 4.83. The minimum absolute atomic E-state index is 0.363. The fourth-order valence-electron chi connectivity index (χ4n) is 2.40. The molecule has 1 nitrogen and oxygen atoms in total. The lowest BCUT2D eigenvalue weighted by Gasteiger charge is -2.29. The molecule has 0 aromatic heterocycles. The SMILES string of the molecule is CC(N)C(C)CC1(C)CCCC1. The van der Waals surface area contributed by atoms with E-state index in [1.54, 1.807) is 0 Å². The Hall–Kier alpha value is -0.0400. The summed E-state index contributed by atoms with van der Waals surface area (Å²) in [5.41, 5.74) is 6.49. The van der Waals surface area contributed by atoms with Crippen LogP contribution in [0.5, 0.6) is 0 Å². The van der Waals surface area contributed by atoms with Crippen molar-refractivity contribution in [1.82, 2.24) is 0 Å². The van der Waals surface area contributed by atoms with E-state index >= 15 is 0 Å². The molecule has 0 amide bonds. The predicted molar refractivity (Wildman–Crippen MR) is 54.0 cm³/mol. The van der Waals surface area contributed by atoms with Gasteiger partial charge in [-0.25, -0.2) is 0 Å². The highest BCUT2D eigenvalue weighted by Crippen LogP contribution is 2.42. The van der Waals surface area contributed by atoms with Gasteiger partial charge in [0.2, 0.25) is 0 Å². The fraction of sp³-hybridized carbons (Fsp3) is 1.00. The molecule has 2 atom stereocenters. The molecule has 0 aliphatic heterocycles. The van der Waals surface area contributed by atoms with E-state index in [-0.39, 0.29) is 0 Å². The van der Waals surface area contributed by atoms with Crippen molar-refractivity contribution in [1.29, 1.82) is 0 Å². The molecule has 0 aromatic rings. The maximum Gasteiger partial charge on any atom is 0.00363 e.